The number of fused-ring (bicyclic) bond motifs is 1. The Morgan fingerprint density at radius 1 is 1.11 bits per heavy atom. The number of aliphatic hydroxyl groups is 1. The van der Waals surface area contributed by atoms with Crippen molar-refractivity contribution in [1.82, 2.24) is 10.2 Å². The van der Waals surface area contributed by atoms with Crippen LogP contribution in [-0.4, -0.2) is 43.3 Å². The molecule has 2 N–H and O–H groups in total. The molecule has 2 rings (SSSR count). The first-order valence-electron chi connectivity index (χ1n) is 6.66. The van der Waals surface area contributed by atoms with Gasteiger partial charge < -0.3 is 15.3 Å². The second-order valence-electron chi connectivity index (χ2n) is 5.23. The second-order valence-corrected chi connectivity index (χ2v) is 5.23. The fourth-order valence-corrected chi connectivity index (χ4v) is 2.22. The van der Waals surface area contributed by atoms with Crippen molar-refractivity contribution in [1.29, 1.82) is 0 Å². The van der Waals surface area contributed by atoms with E-state index in [1.165, 1.54) is 16.3 Å². The molecule has 0 aliphatic rings. The number of likely N-dealkylation sites (N-methyl/N-ethyl adjacent to an activating group) is 1. The third-order valence-corrected chi connectivity index (χ3v) is 3.10. The number of aliphatic hydroxyl groups excluding tert-OH is 1. The Balaban J connectivity index is 1.88. The summed E-state index contributed by atoms with van der Waals surface area (Å²) in [4.78, 5) is 1.99. The molecule has 0 saturated heterocycles. The Morgan fingerprint density at radius 2 is 1.84 bits per heavy atom. The highest BCUT2D eigenvalue weighted by molar-refractivity contribution is 5.82. The maximum atomic E-state index is 9.77. The maximum absolute atomic E-state index is 9.77. The Bertz CT molecular complexity index is 525. The van der Waals surface area contributed by atoms with Gasteiger partial charge in [0.05, 0.1) is 6.10 Å². The van der Waals surface area contributed by atoms with E-state index in [2.05, 4.69) is 47.8 Å². The molecular weight excluding hydrogens is 236 g/mol. The second kappa shape index (κ2) is 6.66. The van der Waals surface area contributed by atoms with Crippen LogP contribution in [0, 0.1) is 0 Å². The molecule has 1 unspecified atom stereocenters. The van der Waals surface area contributed by atoms with Crippen molar-refractivity contribution in [2.75, 3.05) is 27.2 Å². The number of rotatable bonds is 6. The fraction of sp³-hybridized carbons (Fsp3) is 0.375. The van der Waals surface area contributed by atoms with E-state index in [1.54, 1.807) is 0 Å². The van der Waals surface area contributed by atoms with Gasteiger partial charge in [0.1, 0.15) is 0 Å². The molecule has 19 heavy (non-hydrogen) atoms. The molecule has 2 aromatic carbocycles. The predicted octanol–water partition coefficient (Wildman–Crippen LogP) is 1.85. The smallest absolute Gasteiger partial charge is 0.0791 e. The molecule has 102 valence electrons. The lowest BCUT2D eigenvalue weighted by atomic mass is 10.1. The lowest BCUT2D eigenvalue weighted by Crippen LogP contribution is -2.34. The predicted molar refractivity (Wildman–Crippen MR) is 80.2 cm³/mol. The third-order valence-electron chi connectivity index (χ3n) is 3.10. The van der Waals surface area contributed by atoms with Crippen LogP contribution in [0.1, 0.15) is 5.56 Å². The number of benzene rings is 2. The summed E-state index contributed by atoms with van der Waals surface area (Å²) in [5, 5.41) is 15.6. The molecule has 0 aliphatic carbocycles. The van der Waals surface area contributed by atoms with Crippen LogP contribution in [0.25, 0.3) is 10.8 Å². The lowest BCUT2D eigenvalue weighted by molar-refractivity contribution is 0.134. The Labute approximate surface area is 114 Å². The monoisotopic (exact) mass is 258 g/mol. The van der Waals surface area contributed by atoms with Gasteiger partial charge in [0.25, 0.3) is 0 Å². The Morgan fingerprint density at radius 3 is 2.58 bits per heavy atom. The van der Waals surface area contributed by atoms with Gasteiger partial charge in [-0.25, -0.2) is 0 Å². The minimum Gasteiger partial charge on any atom is -0.390 e. The molecule has 3 heteroatoms. The number of nitrogens with one attached hydrogen (secondary N) is 1. The normalized spacial score (nSPS) is 13.1. The van der Waals surface area contributed by atoms with E-state index in [9.17, 15) is 5.11 Å². The Kier molecular flexibility index (Phi) is 4.91. The van der Waals surface area contributed by atoms with Crippen LogP contribution >= 0.6 is 0 Å². The molecule has 0 radical (unpaired) electrons. The Hall–Kier alpha value is -1.42. The van der Waals surface area contributed by atoms with Gasteiger partial charge >= 0.3 is 0 Å². The average molecular weight is 258 g/mol. The van der Waals surface area contributed by atoms with Crippen molar-refractivity contribution in [2.24, 2.45) is 0 Å². The van der Waals surface area contributed by atoms with E-state index in [0.717, 1.165) is 6.54 Å². The third kappa shape index (κ3) is 4.31. The molecule has 0 spiro atoms. The summed E-state index contributed by atoms with van der Waals surface area (Å²) in [5.41, 5.74) is 1.25. The van der Waals surface area contributed by atoms with E-state index in [4.69, 9.17) is 0 Å². The molecule has 0 amide bonds. The zero-order valence-electron chi connectivity index (χ0n) is 11.6. The van der Waals surface area contributed by atoms with Crippen LogP contribution in [0.15, 0.2) is 42.5 Å². The SMILES string of the molecule is CN(C)CC(O)CNCc1ccc2ccccc2c1. The minimum absolute atomic E-state index is 0.324. The highest BCUT2D eigenvalue weighted by Crippen LogP contribution is 2.15. The molecule has 0 saturated carbocycles. The van der Waals surface area contributed by atoms with Gasteiger partial charge in [0.2, 0.25) is 0 Å². The zero-order valence-corrected chi connectivity index (χ0v) is 11.6. The summed E-state index contributed by atoms with van der Waals surface area (Å²) in [6, 6.07) is 14.8. The van der Waals surface area contributed by atoms with Gasteiger partial charge in [-0.1, -0.05) is 36.4 Å². The molecule has 0 aromatic heterocycles. The van der Waals surface area contributed by atoms with Crippen LogP contribution in [0.3, 0.4) is 0 Å². The molecule has 0 heterocycles. The van der Waals surface area contributed by atoms with Crippen molar-refractivity contribution in [3.63, 3.8) is 0 Å². The van der Waals surface area contributed by atoms with E-state index in [-0.39, 0.29) is 6.10 Å². The molecule has 3 nitrogen and oxygen atoms in total. The van der Waals surface area contributed by atoms with Gasteiger partial charge in [-0.15, -0.1) is 0 Å². The van der Waals surface area contributed by atoms with Crippen LogP contribution in [0.5, 0.6) is 0 Å². The van der Waals surface area contributed by atoms with Crippen molar-refractivity contribution < 1.29 is 5.11 Å². The lowest BCUT2D eigenvalue weighted by Gasteiger charge is -2.16. The van der Waals surface area contributed by atoms with E-state index >= 15 is 0 Å². The molecule has 0 bridgehead atoms. The highest BCUT2D eigenvalue weighted by atomic mass is 16.3. The van der Waals surface area contributed by atoms with E-state index < -0.39 is 0 Å². The number of hydrogen-bond donors (Lipinski definition) is 2. The van der Waals surface area contributed by atoms with Crippen LogP contribution in [0.4, 0.5) is 0 Å². The summed E-state index contributed by atoms with van der Waals surface area (Å²) >= 11 is 0. The highest BCUT2D eigenvalue weighted by Gasteiger charge is 2.04. The van der Waals surface area contributed by atoms with Gasteiger partial charge in [0, 0.05) is 19.6 Å². The summed E-state index contributed by atoms with van der Waals surface area (Å²) < 4.78 is 0. The minimum atomic E-state index is -0.324. The first-order valence-corrected chi connectivity index (χ1v) is 6.66. The average Bonchev–Trinajstić information content (AvgIpc) is 2.37. The van der Waals surface area contributed by atoms with Crippen LogP contribution < -0.4 is 5.32 Å². The molecule has 0 aliphatic heterocycles. The van der Waals surface area contributed by atoms with Crippen molar-refractivity contribution in [3.8, 4) is 0 Å². The van der Waals surface area contributed by atoms with Crippen molar-refractivity contribution >= 4 is 10.8 Å². The van der Waals surface area contributed by atoms with Crippen molar-refractivity contribution in [2.45, 2.75) is 12.6 Å². The van der Waals surface area contributed by atoms with Crippen LogP contribution in [-0.2, 0) is 6.54 Å². The summed E-state index contributed by atoms with van der Waals surface area (Å²) in [6.07, 6.45) is -0.324. The number of nitrogens with zero attached hydrogens (tertiary/aromatic N) is 1. The molecule has 0 fully saturated rings. The first-order chi connectivity index (χ1) is 9.15. The zero-order chi connectivity index (χ0) is 13.7. The van der Waals surface area contributed by atoms with Gasteiger partial charge in [-0.3, -0.25) is 0 Å². The molecule has 2 aromatic rings. The van der Waals surface area contributed by atoms with E-state index in [1.807, 2.05) is 19.0 Å². The summed E-state index contributed by atoms with van der Waals surface area (Å²) in [7, 11) is 3.93. The number of hydrogen-bond acceptors (Lipinski definition) is 3. The van der Waals surface area contributed by atoms with Crippen molar-refractivity contribution in [3.05, 3.63) is 48.0 Å². The maximum Gasteiger partial charge on any atom is 0.0791 e. The molecular formula is C16H22N2O. The fourth-order valence-electron chi connectivity index (χ4n) is 2.22. The first kappa shape index (κ1) is 14.0. The molecule has 1 atom stereocenters. The standard InChI is InChI=1S/C16H22N2O/c1-18(2)12-16(19)11-17-10-13-7-8-14-5-3-4-6-15(14)9-13/h3-9,16-17,19H,10-12H2,1-2H3. The van der Waals surface area contributed by atoms with Gasteiger partial charge in [-0.05, 0) is 36.5 Å². The van der Waals surface area contributed by atoms with Gasteiger partial charge in [-0.2, -0.15) is 0 Å². The largest absolute Gasteiger partial charge is 0.390 e. The van der Waals surface area contributed by atoms with Gasteiger partial charge in [0.15, 0.2) is 0 Å². The van der Waals surface area contributed by atoms with E-state index in [0.29, 0.717) is 13.1 Å². The summed E-state index contributed by atoms with van der Waals surface area (Å²) in [5.74, 6) is 0. The summed E-state index contributed by atoms with van der Waals surface area (Å²) in [6.45, 7) is 2.09. The quantitative estimate of drug-likeness (QED) is 0.830. The van der Waals surface area contributed by atoms with Crippen LogP contribution in [0.2, 0.25) is 0 Å². The topological polar surface area (TPSA) is 35.5 Å².